The number of aryl methyl sites for hydroxylation is 2. The highest BCUT2D eigenvalue weighted by molar-refractivity contribution is 14.1. The van der Waals surface area contributed by atoms with Crippen LogP contribution in [-0.4, -0.2) is 16.3 Å². The van der Waals surface area contributed by atoms with Crippen molar-refractivity contribution >= 4 is 22.6 Å². The zero-order valence-electron chi connectivity index (χ0n) is 13.1. The quantitative estimate of drug-likeness (QED) is 0.713. The van der Waals surface area contributed by atoms with Crippen molar-refractivity contribution in [3.8, 4) is 0 Å². The lowest BCUT2D eigenvalue weighted by Gasteiger charge is -2.20. The number of halogens is 1. The van der Waals surface area contributed by atoms with E-state index in [1.807, 2.05) is 0 Å². The van der Waals surface area contributed by atoms with E-state index in [1.54, 1.807) is 0 Å². The lowest BCUT2D eigenvalue weighted by molar-refractivity contribution is 0.502. The molecule has 3 nitrogen and oxygen atoms in total. The molecular weight excluding hydrogens is 373 g/mol. The highest BCUT2D eigenvalue weighted by atomic mass is 127. The third-order valence-corrected chi connectivity index (χ3v) is 4.26. The first-order chi connectivity index (χ1) is 10.1. The number of hydrogen-bond donors (Lipinski definition) is 1. The molecule has 0 radical (unpaired) electrons. The Morgan fingerprint density at radius 3 is 2.76 bits per heavy atom. The first-order valence-electron chi connectivity index (χ1n) is 7.66. The van der Waals surface area contributed by atoms with E-state index in [9.17, 15) is 0 Å². The Bertz CT molecular complexity index is 577. The van der Waals surface area contributed by atoms with Gasteiger partial charge < -0.3 is 5.32 Å². The molecule has 1 aromatic carbocycles. The van der Waals surface area contributed by atoms with Gasteiger partial charge in [-0.2, -0.15) is 5.10 Å². The summed E-state index contributed by atoms with van der Waals surface area (Å²) < 4.78 is 3.40. The minimum atomic E-state index is 0.348. The predicted molar refractivity (Wildman–Crippen MR) is 96.5 cm³/mol. The van der Waals surface area contributed by atoms with Gasteiger partial charge in [0.05, 0.1) is 5.69 Å². The van der Waals surface area contributed by atoms with Crippen LogP contribution in [0, 0.1) is 10.5 Å². The Hall–Kier alpha value is -0.880. The van der Waals surface area contributed by atoms with Crippen molar-refractivity contribution < 1.29 is 0 Å². The van der Waals surface area contributed by atoms with Crippen LogP contribution in [0.4, 0.5) is 0 Å². The molecule has 2 aromatic rings. The molecule has 0 aliphatic carbocycles. The van der Waals surface area contributed by atoms with Crippen LogP contribution in [0.3, 0.4) is 0 Å². The van der Waals surface area contributed by atoms with E-state index in [2.05, 4.69) is 88.8 Å². The minimum Gasteiger partial charge on any atom is -0.310 e. The molecule has 114 valence electrons. The SMILES string of the molecule is CCCNC(Cc1cc(C)nn1CC)c1cccc(I)c1. The van der Waals surface area contributed by atoms with Crippen LogP contribution in [0.25, 0.3) is 0 Å². The van der Waals surface area contributed by atoms with E-state index < -0.39 is 0 Å². The summed E-state index contributed by atoms with van der Waals surface area (Å²) in [5.74, 6) is 0. The molecule has 1 N–H and O–H groups in total. The van der Waals surface area contributed by atoms with Gasteiger partial charge in [-0.25, -0.2) is 0 Å². The molecule has 1 unspecified atom stereocenters. The third-order valence-electron chi connectivity index (χ3n) is 3.59. The minimum absolute atomic E-state index is 0.348. The van der Waals surface area contributed by atoms with E-state index in [0.717, 1.165) is 31.6 Å². The second-order valence-corrected chi connectivity index (χ2v) is 6.60. The van der Waals surface area contributed by atoms with Crippen molar-refractivity contribution in [2.45, 2.75) is 46.2 Å². The standard InChI is InChI=1S/C17H24IN3/c1-4-9-19-17(14-7-6-8-15(18)11-14)12-16-10-13(3)20-21(16)5-2/h6-8,10-11,17,19H,4-5,9,12H2,1-3H3. The van der Waals surface area contributed by atoms with E-state index >= 15 is 0 Å². The number of aromatic nitrogens is 2. The molecular formula is C17H24IN3. The number of nitrogens with one attached hydrogen (secondary N) is 1. The Morgan fingerprint density at radius 2 is 2.10 bits per heavy atom. The van der Waals surface area contributed by atoms with Gasteiger partial charge in [-0.05, 0) is 73.2 Å². The van der Waals surface area contributed by atoms with E-state index in [1.165, 1.54) is 14.8 Å². The van der Waals surface area contributed by atoms with Crippen molar-refractivity contribution in [1.29, 1.82) is 0 Å². The lowest BCUT2D eigenvalue weighted by Crippen LogP contribution is -2.25. The van der Waals surface area contributed by atoms with E-state index in [4.69, 9.17) is 0 Å². The van der Waals surface area contributed by atoms with Gasteiger partial charge in [0.2, 0.25) is 0 Å². The lowest BCUT2D eigenvalue weighted by atomic mass is 10.0. The van der Waals surface area contributed by atoms with Crippen LogP contribution < -0.4 is 5.32 Å². The van der Waals surface area contributed by atoms with Gasteiger partial charge in [0.25, 0.3) is 0 Å². The maximum Gasteiger partial charge on any atom is 0.0596 e. The summed E-state index contributed by atoms with van der Waals surface area (Å²) in [6.45, 7) is 8.39. The van der Waals surface area contributed by atoms with Gasteiger partial charge in [-0.3, -0.25) is 4.68 Å². The number of nitrogens with zero attached hydrogens (tertiary/aromatic N) is 2. The summed E-state index contributed by atoms with van der Waals surface area (Å²) in [4.78, 5) is 0. The average molecular weight is 397 g/mol. The molecule has 21 heavy (non-hydrogen) atoms. The first kappa shape index (κ1) is 16.5. The molecule has 0 aliphatic rings. The van der Waals surface area contributed by atoms with Gasteiger partial charge in [0, 0.05) is 28.3 Å². The molecule has 0 fully saturated rings. The molecule has 0 saturated carbocycles. The van der Waals surface area contributed by atoms with Crippen LogP contribution >= 0.6 is 22.6 Å². The van der Waals surface area contributed by atoms with Crippen LogP contribution in [-0.2, 0) is 13.0 Å². The van der Waals surface area contributed by atoms with Crippen LogP contribution in [0.15, 0.2) is 30.3 Å². The van der Waals surface area contributed by atoms with Gasteiger partial charge in [0.15, 0.2) is 0 Å². The topological polar surface area (TPSA) is 29.9 Å². The van der Waals surface area contributed by atoms with Gasteiger partial charge in [-0.15, -0.1) is 0 Å². The monoisotopic (exact) mass is 397 g/mol. The molecule has 0 spiro atoms. The number of hydrogen-bond acceptors (Lipinski definition) is 2. The molecule has 0 bridgehead atoms. The van der Waals surface area contributed by atoms with Crippen molar-refractivity contribution in [1.82, 2.24) is 15.1 Å². The first-order valence-corrected chi connectivity index (χ1v) is 8.74. The third kappa shape index (κ3) is 4.54. The molecule has 1 heterocycles. The second-order valence-electron chi connectivity index (χ2n) is 5.36. The fourth-order valence-electron chi connectivity index (χ4n) is 2.60. The highest BCUT2D eigenvalue weighted by Gasteiger charge is 2.15. The zero-order valence-corrected chi connectivity index (χ0v) is 15.2. The Balaban J connectivity index is 2.23. The maximum absolute atomic E-state index is 4.56. The normalized spacial score (nSPS) is 12.6. The molecule has 1 aromatic heterocycles. The van der Waals surface area contributed by atoms with Crippen LogP contribution in [0.1, 0.15) is 43.3 Å². The summed E-state index contributed by atoms with van der Waals surface area (Å²) >= 11 is 2.38. The molecule has 0 amide bonds. The molecule has 4 heteroatoms. The van der Waals surface area contributed by atoms with Crippen molar-refractivity contribution in [2.75, 3.05) is 6.54 Å². The summed E-state index contributed by atoms with van der Waals surface area (Å²) in [7, 11) is 0. The second kappa shape index (κ2) is 7.94. The van der Waals surface area contributed by atoms with E-state index in [-0.39, 0.29) is 0 Å². The Labute approximate surface area is 141 Å². The molecule has 1 atom stereocenters. The highest BCUT2D eigenvalue weighted by Crippen LogP contribution is 2.21. The summed E-state index contributed by atoms with van der Waals surface area (Å²) in [5, 5.41) is 8.24. The van der Waals surface area contributed by atoms with Gasteiger partial charge in [-0.1, -0.05) is 19.1 Å². The Morgan fingerprint density at radius 1 is 1.29 bits per heavy atom. The summed E-state index contributed by atoms with van der Waals surface area (Å²) in [6.07, 6.45) is 2.13. The number of rotatable bonds is 7. The number of benzene rings is 1. The van der Waals surface area contributed by atoms with Crippen molar-refractivity contribution in [2.24, 2.45) is 0 Å². The molecule has 0 aliphatic heterocycles. The zero-order chi connectivity index (χ0) is 15.2. The predicted octanol–water partition coefficient (Wildman–Crippen LogP) is 4.10. The largest absolute Gasteiger partial charge is 0.310 e. The summed E-state index contributed by atoms with van der Waals surface area (Å²) in [6, 6.07) is 11.3. The van der Waals surface area contributed by atoms with Crippen molar-refractivity contribution in [3.05, 3.63) is 50.9 Å². The fraction of sp³-hybridized carbons (Fsp3) is 0.471. The van der Waals surface area contributed by atoms with Crippen LogP contribution in [0.2, 0.25) is 0 Å². The average Bonchev–Trinajstić information content (AvgIpc) is 2.83. The molecule has 2 rings (SSSR count). The molecule has 0 saturated heterocycles. The van der Waals surface area contributed by atoms with Gasteiger partial charge >= 0.3 is 0 Å². The van der Waals surface area contributed by atoms with E-state index in [0.29, 0.717) is 6.04 Å². The maximum atomic E-state index is 4.56. The smallest absolute Gasteiger partial charge is 0.0596 e. The summed E-state index contributed by atoms with van der Waals surface area (Å²) in [5.41, 5.74) is 3.77. The fourth-order valence-corrected chi connectivity index (χ4v) is 3.16. The van der Waals surface area contributed by atoms with Gasteiger partial charge in [0.1, 0.15) is 0 Å². The van der Waals surface area contributed by atoms with Crippen LogP contribution in [0.5, 0.6) is 0 Å². The Kier molecular flexibility index (Phi) is 6.23. The van der Waals surface area contributed by atoms with Crippen molar-refractivity contribution in [3.63, 3.8) is 0 Å².